The maximum atomic E-state index is 14.7. The molecule has 2 saturated heterocycles. The highest BCUT2D eigenvalue weighted by Gasteiger charge is 2.26. The summed E-state index contributed by atoms with van der Waals surface area (Å²) in [6.07, 6.45) is 1.84. The van der Waals surface area contributed by atoms with Crippen molar-refractivity contribution in [1.29, 1.82) is 0 Å². The Balaban J connectivity index is 0.00000196. The van der Waals surface area contributed by atoms with Crippen LogP contribution in [0.15, 0.2) is 18.2 Å². The number of anilines is 1. The van der Waals surface area contributed by atoms with E-state index < -0.39 is 0 Å². The molecule has 0 aromatic heterocycles. The Kier molecular flexibility index (Phi) is 9.98. The topological polar surface area (TPSA) is 52.8 Å². The minimum Gasteiger partial charge on any atom is -0.367 e. The molecule has 8 heteroatoms. The third-order valence-corrected chi connectivity index (χ3v) is 5.93. The SMILES string of the molecule is CCN1CCN(c2ccc(C(=O)N3CCC(C(C)N)CC3)cc2F)CC1.Cl.Cl. The number of piperidine rings is 1. The molecule has 2 fully saturated rings. The number of hydrogen-bond acceptors (Lipinski definition) is 4. The molecule has 5 nitrogen and oxygen atoms in total. The van der Waals surface area contributed by atoms with Crippen molar-refractivity contribution >= 4 is 36.4 Å². The van der Waals surface area contributed by atoms with E-state index in [1.54, 1.807) is 12.1 Å². The van der Waals surface area contributed by atoms with Gasteiger partial charge in [0, 0.05) is 50.9 Å². The Labute approximate surface area is 180 Å². The summed E-state index contributed by atoms with van der Waals surface area (Å²) in [5.74, 6) is 0.0978. The molecule has 28 heavy (non-hydrogen) atoms. The number of likely N-dealkylation sites (N-methyl/N-ethyl adjacent to an activating group) is 1. The molecule has 1 unspecified atom stereocenters. The van der Waals surface area contributed by atoms with Crippen LogP contribution in [0.5, 0.6) is 0 Å². The van der Waals surface area contributed by atoms with E-state index >= 15 is 0 Å². The van der Waals surface area contributed by atoms with Crippen LogP contribution < -0.4 is 10.6 Å². The van der Waals surface area contributed by atoms with E-state index in [-0.39, 0.29) is 42.6 Å². The van der Waals surface area contributed by atoms with Gasteiger partial charge in [-0.3, -0.25) is 4.79 Å². The number of likely N-dealkylation sites (tertiary alicyclic amines) is 1. The fourth-order valence-corrected chi connectivity index (χ4v) is 4.01. The smallest absolute Gasteiger partial charge is 0.253 e. The Morgan fingerprint density at radius 2 is 1.75 bits per heavy atom. The lowest BCUT2D eigenvalue weighted by Gasteiger charge is -2.36. The maximum Gasteiger partial charge on any atom is 0.253 e. The monoisotopic (exact) mass is 434 g/mol. The predicted octanol–water partition coefficient (Wildman–Crippen LogP) is 3.01. The van der Waals surface area contributed by atoms with Gasteiger partial charge in [0.2, 0.25) is 0 Å². The van der Waals surface area contributed by atoms with E-state index in [2.05, 4.69) is 16.7 Å². The van der Waals surface area contributed by atoms with Gasteiger partial charge in [-0.15, -0.1) is 24.8 Å². The van der Waals surface area contributed by atoms with E-state index in [9.17, 15) is 9.18 Å². The van der Waals surface area contributed by atoms with Crippen molar-refractivity contribution in [3.63, 3.8) is 0 Å². The molecule has 1 aromatic rings. The first kappa shape index (κ1) is 25.0. The third-order valence-electron chi connectivity index (χ3n) is 5.93. The average Bonchev–Trinajstić information content (AvgIpc) is 2.67. The van der Waals surface area contributed by atoms with Crippen LogP contribution in [0.25, 0.3) is 0 Å². The zero-order valence-electron chi connectivity index (χ0n) is 16.8. The van der Waals surface area contributed by atoms with Gasteiger partial charge in [-0.1, -0.05) is 6.92 Å². The summed E-state index contributed by atoms with van der Waals surface area (Å²) in [4.78, 5) is 19.0. The summed E-state index contributed by atoms with van der Waals surface area (Å²) in [6.45, 7) is 10.1. The Hall–Kier alpha value is -1.08. The summed E-state index contributed by atoms with van der Waals surface area (Å²) in [7, 11) is 0. The zero-order valence-corrected chi connectivity index (χ0v) is 18.4. The first-order chi connectivity index (χ1) is 12.5. The predicted molar refractivity (Wildman–Crippen MR) is 117 cm³/mol. The molecule has 2 aliphatic rings. The van der Waals surface area contributed by atoms with Crippen molar-refractivity contribution in [3.8, 4) is 0 Å². The van der Waals surface area contributed by atoms with Gasteiger partial charge in [-0.2, -0.15) is 0 Å². The highest BCUT2D eigenvalue weighted by Crippen LogP contribution is 2.25. The molecule has 1 amide bonds. The number of carbonyl (C=O) groups excluding carboxylic acids is 1. The molecule has 0 bridgehead atoms. The molecule has 0 aliphatic carbocycles. The minimum absolute atomic E-state index is 0. The molecular weight excluding hydrogens is 402 g/mol. The fraction of sp³-hybridized carbons (Fsp3) is 0.650. The number of nitrogens with two attached hydrogens (primary N) is 1. The largest absolute Gasteiger partial charge is 0.367 e. The number of carbonyl (C=O) groups is 1. The second-order valence-electron chi connectivity index (χ2n) is 7.58. The van der Waals surface area contributed by atoms with E-state index in [4.69, 9.17) is 5.73 Å². The number of hydrogen-bond donors (Lipinski definition) is 1. The summed E-state index contributed by atoms with van der Waals surface area (Å²) in [6, 6.07) is 5.10. The van der Waals surface area contributed by atoms with Crippen molar-refractivity contribution < 1.29 is 9.18 Å². The molecule has 0 spiro atoms. The van der Waals surface area contributed by atoms with Crippen LogP contribution in [0.1, 0.15) is 37.0 Å². The van der Waals surface area contributed by atoms with E-state index in [1.165, 1.54) is 6.07 Å². The standard InChI is InChI=1S/C20H31FN4O.2ClH/c1-3-23-10-12-24(13-11-23)19-5-4-17(14-18(19)21)20(26)25-8-6-16(7-9-25)15(2)22;;/h4-5,14-16H,3,6-13,22H2,1-2H3;2*1H. The number of rotatable bonds is 4. The lowest BCUT2D eigenvalue weighted by Crippen LogP contribution is -2.46. The van der Waals surface area contributed by atoms with Crippen molar-refractivity contribution in [2.24, 2.45) is 11.7 Å². The Bertz CT molecular complexity index is 631. The molecular formula is C20H33Cl2FN4O. The van der Waals surface area contributed by atoms with Gasteiger partial charge in [0.1, 0.15) is 5.82 Å². The lowest BCUT2D eigenvalue weighted by molar-refractivity contribution is 0.0680. The average molecular weight is 435 g/mol. The quantitative estimate of drug-likeness (QED) is 0.790. The second-order valence-corrected chi connectivity index (χ2v) is 7.58. The molecule has 1 aromatic carbocycles. The van der Waals surface area contributed by atoms with Crippen LogP contribution in [0.2, 0.25) is 0 Å². The molecule has 3 rings (SSSR count). The van der Waals surface area contributed by atoms with Crippen molar-refractivity contribution in [1.82, 2.24) is 9.80 Å². The Morgan fingerprint density at radius 3 is 2.25 bits per heavy atom. The van der Waals surface area contributed by atoms with Crippen molar-refractivity contribution in [2.45, 2.75) is 32.7 Å². The van der Waals surface area contributed by atoms with Gasteiger partial charge in [0.15, 0.2) is 0 Å². The summed E-state index contributed by atoms with van der Waals surface area (Å²) < 4.78 is 14.7. The second kappa shape index (κ2) is 11.2. The Morgan fingerprint density at radius 1 is 1.14 bits per heavy atom. The van der Waals surface area contributed by atoms with Gasteiger partial charge in [-0.25, -0.2) is 4.39 Å². The third kappa shape index (κ3) is 5.72. The number of benzene rings is 1. The normalized spacial score (nSPS) is 19.6. The van der Waals surface area contributed by atoms with Gasteiger partial charge in [0.05, 0.1) is 5.69 Å². The first-order valence-electron chi connectivity index (χ1n) is 9.81. The number of piperazine rings is 1. The molecule has 0 radical (unpaired) electrons. The van der Waals surface area contributed by atoms with Gasteiger partial charge >= 0.3 is 0 Å². The highest BCUT2D eigenvalue weighted by molar-refractivity contribution is 5.94. The summed E-state index contributed by atoms with van der Waals surface area (Å²) in [5.41, 5.74) is 7.01. The summed E-state index contributed by atoms with van der Waals surface area (Å²) >= 11 is 0. The molecule has 160 valence electrons. The number of halogens is 3. The molecule has 2 heterocycles. The van der Waals surface area contributed by atoms with Crippen molar-refractivity contribution in [2.75, 3.05) is 50.7 Å². The zero-order chi connectivity index (χ0) is 18.7. The van der Waals surface area contributed by atoms with Crippen LogP contribution in [-0.4, -0.2) is 67.6 Å². The van der Waals surface area contributed by atoms with E-state index in [0.29, 0.717) is 30.3 Å². The van der Waals surface area contributed by atoms with Crippen LogP contribution in [-0.2, 0) is 0 Å². The molecule has 2 N–H and O–H groups in total. The highest BCUT2D eigenvalue weighted by atomic mass is 35.5. The van der Waals surface area contributed by atoms with Crippen molar-refractivity contribution in [3.05, 3.63) is 29.6 Å². The molecule has 2 aliphatic heterocycles. The molecule has 0 saturated carbocycles. The van der Waals surface area contributed by atoms with E-state index in [1.807, 2.05) is 11.8 Å². The van der Waals surface area contributed by atoms with Gasteiger partial charge in [0.25, 0.3) is 5.91 Å². The minimum atomic E-state index is -0.300. The molecule has 1 atom stereocenters. The number of amides is 1. The van der Waals surface area contributed by atoms with Crippen LogP contribution >= 0.6 is 24.8 Å². The summed E-state index contributed by atoms with van der Waals surface area (Å²) in [5, 5.41) is 0. The van der Waals surface area contributed by atoms with Gasteiger partial charge < -0.3 is 20.4 Å². The van der Waals surface area contributed by atoms with Crippen LogP contribution in [0.3, 0.4) is 0 Å². The maximum absolute atomic E-state index is 14.7. The lowest BCUT2D eigenvalue weighted by atomic mass is 9.90. The van der Waals surface area contributed by atoms with E-state index in [0.717, 1.165) is 45.6 Å². The van der Waals surface area contributed by atoms with Crippen LogP contribution in [0, 0.1) is 11.7 Å². The first-order valence-corrected chi connectivity index (χ1v) is 9.81. The van der Waals surface area contributed by atoms with Gasteiger partial charge in [-0.05, 0) is 50.4 Å². The number of nitrogens with zero attached hydrogens (tertiary/aromatic N) is 3. The fourth-order valence-electron chi connectivity index (χ4n) is 4.01. The van der Waals surface area contributed by atoms with Crippen LogP contribution in [0.4, 0.5) is 10.1 Å².